The molecule has 28 heavy (non-hydrogen) atoms. The summed E-state index contributed by atoms with van der Waals surface area (Å²) >= 11 is 1.66. The van der Waals surface area contributed by atoms with Gasteiger partial charge in [0.1, 0.15) is 16.6 Å². The Morgan fingerprint density at radius 2 is 2.00 bits per heavy atom. The number of carbonyl (C=O) groups is 1. The van der Waals surface area contributed by atoms with Crippen LogP contribution < -0.4 is 10.6 Å². The second kappa shape index (κ2) is 8.68. The van der Waals surface area contributed by atoms with E-state index in [1.807, 2.05) is 50.2 Å². The lowest BCUT2D eigenvalue weighted by Gasteiger charge is -2.07. The van der Waals surface area contributed by atoms with Crippen molar-refractivity contribution in [1.82, 2.24) is 10.3 Å². The average molecular weight is 391 g/mol. The molecular weight excluding hydrogens is 368 g/mol. The van der Waals surface area contributed by atoms with E-state index >= 15 is 0 Å². The minimum atomic E-state index is -0.370. The van der Waals surface area contributed by atoms with Gasteiger partial charge in [-0.1, -0.05) is 19.9 Å². The first-order valence-corrected chi connectivity index (χ1v) is 9.90. The van der Waals surface area contributed by atoms with Gasteiger partial charge >= 0.3 is 0 Å². The average Bonchev–Trinajstić information content (AvgIpc) is 3.10. The predicted molar refractivity (Wildman–Crippen MR) is 115 cm³/mol. The van der Waals surface area contributed by atoms with Crippen LogP contribution in [0.4, 0.5) is 5.69 Å². The number of fused-ring (bicyclic) bond motifs is 1. The van der Waals surface area contributed by atoms with Crippen LogP contribution in [0.3, 0.4) is 0 Å². The van der Waals surface area contributed by atoms with Crippen molar-refractivity contribution >= 4 is 33.1 Å². The van der Waals surface area contributed by atoms with Crippen LogP contribution in [0.2, 0.25) is 0 Å². The van der Waals surface area contributed by atoms with Gasteiger partial charge in [-0.2, -0.15) is 5.26 Å². The summed E-state index contributed by atoms with van der Waals surface area (Å²) < 4.78 is 1.17. The number of nitrogens with zero attached hydrogens (tertiary/aromatic N) is 2. The van der Waals surface area contributed by atoms with Crippen LogP contribution >= 0.6 is 11.3 Å². The van der Waals surface area contributed by atoms with E-state index in [-0.39, 0.29) is 11.5 Å². The van der Waals surface area contributed by atoms with Crippen LogP contribution in [0, 0.1) is 24.2 Å². The molecule has 0 bridgehead atoms. The summed E-state index contributed by atoms with van der Waals surface area (Å²) in [5, 5.41) is 15.9. The molecule has 1 aromatic heterocycles. The van der Waals surface area contributed by atoms with Crippen molar-refractivity contribution in [3.05, 3.63) is 59.8 Å². The van der Waals surface area contributed by atoms with E-state index in [0.717, 1.165) is 21.8 Å². The fourth-order valence-electron chi connectivity index (χ4n) is 2.56. The largest absolute Gasteiger partial charge is 0.360 e. The molecule has 0 saturated carbocycles. The highest BCUT2D eigenvalue weighted by Gasteiger charge is 2.09. The molecule has 142 valence electrons. The molecule has 0 saturated heterocycles. The van der Waals surface area contributed by atoms with Crippen molar-refractivity contribution in [3.63, 3.8) is 0 Å². The molecule has 0 radical (unpaired) electrons. The monoisotopic (exact) mass is 390 g/mol. The van der Waals surface area contributed by atoms with Crippen LogP contribution in [-0.2, 0) is 4.79 Å². The smallest absolute Gasteiger partial charge is 0.263 e. The normalized spacial score (nSPS) is 11.5. The number of thiazole rings is 1. The molecule has 0 spiro atoms. The van der Waals surface area contributed by atoms with Gasteiger partial charge in [0, 0.05) is 24.0 Å². The van der Waals surface area contributed by atoms with Crippen molar-refractivity contribution in [3.8, 4) is 16.6 Å². The molecule has 0 aliphatic heterocycles. The van der Waals surface area contributed by atoms with E-state index in [9.17, 15) is 10.1 Å². The highest BCUT2D eigenvalue weighted by molar-refractivity contribution is 7.21. The number of nitriles is 1. The van der Waals surface area contributed by atoms with Crippen LogP contribution in [0.1, 0.15) is 19.4 Å². The summed E-state index contributed by atoms with van der Waals surface area (Å²) in [6.45, 7) is 6.62. The Bertz CT molecular complexity index is 1060. The summed E-state index contributed by atoms with van der Waals surface area (Å²) in [6.07, 6.45) is 1.44. The van der Waals surface area contributed by atoms with Crippen molar-refractivity contribution in [2.24, 2.45) is 5.92 Å². The number of hydrogen-bond acceptors (Lipinski definition) is 5. The maximum absolute atomic E-state index is 12.0. The van der Waals surface area contributed by atoms with E-state index in [1.165, 1.54) is 16.5 Å². The van der Waals surface area contributed by atoms with E-state index < -0.39 is 0 Å². The zero-order chi connectivity index (χ0) is 20.1. The van der Waals surface area contributed by atoms with Gasteiger partial charge in [0.2, 0.25) is 0 Å². The van der Waals surface area contributed by atoms with Crippen molar-refractivity contribution in [2.45, 2.75) is 20.8 Å². The van der Waals surface area contributed by atoms with Crippen LogP contribution in [0.15, 0.2) is 54.2 Å². The number of nitrogens with one attached hydrogen (secondary N) is 2. The Labute approximate surface area is 168 Å². The lowest BCUT2D eigenvalue weighted by atomic mass is 10.2. The summed E-state index contributed by atoms with van der Waals surface area (Å²) in [7, 11) is 0. The zero-order valence-corrected chi connectivity index (χ0v) is 16.9. The van der Waals surface area contributed by atoms with E-state index in [4.69, 9.17) is 0 Å². The second-order valence-electron chi connectivity index (χ2n) is 6.99. The first-order chi connectivity index (χ1) is 13.5. The minimum absolute atomic E-state index is 0.0475. The minimum Gasteiger partial charge on any atom is -0.360 e. The van der Waals surface area contributed by atoms with Crippen LogP contribution in [-0.4, -0.2) is 17.4 Å². The van der Waals surface area contributed by atoms with E-state index in [1.54, 1.807) is 11.3 Å². The fourth-order valence-corrected chi connectivity index (χ4v) is 3.63. The molecular formula is C22H22N4OS. The van der Waals surface area contributed by atoms with Crippen molar-refractivity contribution < 1.29 is 4.79 Å². The third-order valence-corrected chi connectivity index (χ3v) is 5.16. The standard InChI is InChI=1S/C22H22N4OS/c1-14(2)12-25-21(27)17(11-23)13-24-18-7-5-16(6-8-18)22-26-19-9-4-15(3)10-20(19)28-22/h4-10,13-14,24H,12H2,1-3H3,(H,25,27)/b17-13-. The number of rotatable bonds is 6. The number of anilines is 1. The maximum atomic E-state index is 12.0. The third kappa shape index (κ3) is 4.76. The lowest BCUT2D eigenvalue weighted by Crippen LogP contribution is -2.28. The van der Waals surface area contributed by atoms with Crippen LogP contribution in [0.5, 0.6) is 0 Å². The first kappa shape index (κ1) is 19.6. The summed E-state index contributed by atoms with van der Waals surface area (Å²) in [5.41, 5.74) is 4.10. The van der Waals surface area contributed by atoms with Crippen molar-refractivity contribution in [2.75, 3.05) is 11.9 Å². The van der Waals surface area contributed by atoms with Gasteiger partial charge in [0.05, 0.1) is 10.2 Å². The van der Waals surface area contributed by atoms with E-state index in [0.29, 0.717) is 12.5 Å². The second-order valence-corrected chi connectivity index (χ2v) is 8.02. The maximum Gasteiger partial charge on any atom is 0.263 e. The molecule has 0 aliphatic rings. The summed E-state index contributed by atoms with van der Waals surface area (Å²) in [4.78, 5) is 16.7. The third-order valence-electron chi connectivity index (χ3n) is 4.09. The molecule has 3 rings (SSSR count). The Morgan fingerprint density at radius 1 is 1.25 bits per heavy atom. The molecule has 0 unspecified atom stereocenters. The lowest BCUT2D eigenvalue weighted by molar-refractivity contribution is -0.117. The van der Waals surface area contributed by atoms with Gasteiger partial charge in [-0.3, -0.25) is 4.79 Å². The highest BCUT2D eigenvalue weighted by atomic mass is 32.1. The quantitative estimate of drug-likeness (QED) is 0.465. The number of carbonyl (C=O) groups excluding carboxylic acids is 1. The Hall–Kier alpha value is -3.17. The molecule has 6 heteroatoms. The number of hydrogen-bond donors (Lipinski definition) is 2. The highest BCUT2D eigenvalue weighted by Crippen LogP contribution is 2.31. The predicted octanol–water partition coefficient (Wildman–Crippen LogP) is 4.86. The van der Waals surface area contributed by atoms with Gasteiger partial charge < -0.3 is 10.6 Å². The first-order valence-electron chi connectivity index (χ1n) is 9.09. The Kier molecular flexibility index (Phi) is 6.07. The molecule has 5 nitrogen and oxygen atoms in total. The zero-order valence-electron chi connectivity index (χ0n) is 16.1. The van der Waals surface area contributed by atoms with Gasteiger partial charge in [0.25, 0.3) is 5.91 Å². The fraction of sp³-hybridized carbons (Fsp3) is 0.227. The Morgan fingerprint density at radius 3 is 2.68 bits per heavy atom. The molecule has 1 heterocycles. The number of aromatic nitrogens is 1. The number of aryl methyl sites for hydroxylation is 1. The molecule has 0 aliphatic carbocycles. The molecule has 2 aromatic carbocycles. The topological polar surface area (TPSA) is 77.8 Å². The van der Waals surface area contributed by atoms with Gasteiger partial charge in [-0.25, -0.2) is 4.98 Å². The number of amides is 1. The summed E-state index contributed by atoms with van der Waals surface area (Å²) in [6, 6.07) is 15.9. The number of benzene rings is 2. The van der Waals surface area contributed by atoms with Crippen LogP contribution in [0.25, 0.3) is 20.8 Å². The molecule has 2 N–H and O–H groups in total. The van der Waals surface area contributed by atoms with E-state index in [2.05, 4.69) is 34.7 Å². The molecule has 1 amide bonds. The molecule has 0 atom stereocenters. The molecule has 3 aromatic rings. The Balaban J connectivity index is 1.71. The van der Waals surface area contributed by atoms with Crippen molar-refractivity contribution in [1.29, 1.82) is 5.26 Å². The summed E-state index contributed by atoms with van der Waals surface area (Å²) in [5.74, 6) is -0.0408. The SMILES string of the molecule is Cc1ccc2nc(-c3ccc(N/C=C(/C#N)C(=O)NCC(C)C)cc3)sc2c1. The van der Waals surface area contributed by atoms with Gasteiger partial charge in [0.15, 0.2) is 0 Å². The molecule has 0 fully saturated rings. The van der Waals surface area contributed by atoms with Gasteiger partial charge in [-0.05, 0) is 54.8 Å². The van der Waals surface area contributed by atoms with Gasteiger partial charge in [-0.15, -0.1) is 11.3 Å².